The molecular weight excluding hydrogens is 193 g/mol. The molecule has 0 spiro atoms. The van der Waals surface area contributed by atoms with Crippen LogP contribution in [0.2, 0.25) is 0 Å². The van der Waals surface area contributed by atoms with Gasteiger partial charge in [0.1, 0.15) is 5.82 Å². The molecule has 3 heteroatoms. The van der Waals surface area contributed by atoms with Gasteiger partial charge in [-0.1, -0.05) is 13.0 Å². The van der Waals surface area contributed by atoms with Crippen molar-refractivity contribution in [3.63, 3.8) is 0 Å². The van der Waals surface area contributed by atoms with E-state index in [0.29, 0.717) is 6.42 Å². The first kappa shape index (κ1) is 12.1. The predicted octanol–water partition coefficient (Wildman–Crippen LogP) is 2.17. The highest BCUT2D eigenvalue weighted by Gasteiger charge is 2.12. The van der Waals surface area contributed by atoms with Crippen molar-refractivity contribution in [2.75, 3.05) is 13.2 Å². The van der Waals surface area contributed by atoms with Crippen LogP contribution < -0.4 is 5.32 Å². The molecule has 0 saturated heterocycles. The summed E-state index contributed by atoms with van der Waals surface area (Å²) in [5.41, 5.74) is 1.99. The van der Waals surface area contributed by atoms with Crippen LogP contribution in [0.1, 0.15) is 30.5 Å². The number of rotatable bonds is 5. The zero-order valence-corrected chi connectivity index (χ0v) is 9.26. The summed E-state index contributed by atoms with van der Waals surface area (Å²) in [4.78, 5) is 0. The summed E-state index contributed by atoms with van der Waals surface area (Å²) in [5, 5.41) is 12.2. The minimum absolute atomic E-state index is 0.112. The minimum atomic E-state index is -0.213. The maximum atomic E-state index is 12.9. The highest BCUT2D eigenvalue weighted by atomic mass is 19.1. The Morgan fingerprint density at radius 2 is 2.20 bits per heavy atom. The first-order valence-corrected chi connectivity index (χ1v) is 5.29. The Labute approximate surface area is 90.1 Å². The van der Waals surface area contributed by atoms with Crippen molar-refractivity contribution in [2.24, 2.45) is 0 Å². The molecule has 0 amide bonds. The van der Waals surface area contributed by atoms with E-state index >= 15 is 0 Å². The van der Waals surface area contributed by atoms with Gasteiger partial charge in [-0.15, -0.1) is 0 Å². The van der Waals surface area contributed by atoms with Gasteiger partial charge in [0.05, 0.1) is 0 Å². The Hall–Kier alpha value is -0.930. The highest BCUT2D eigenvalue weighted by Crippen LogP contribution is 2.21. The Morgan fingerprint density at radius 1 is 1.47 bits per heavy atom. The molecular formula is C12H18FNO. The lowest BCUT2D eigenvalue weighted by atomic mass is 9.99. The van der Waals surface area contributed by atoms with Gasteiger partial charge in [-0.3, -0.25) is 0 Å². The van der Waals surface area contributed by atoms with Gasteiger partial charge in [0.15, 0.2) is 0 Å². The molecule has 0 aliphatic heterocycles. The molecule has 2 nitrogen and oxygen atoms in total. The highest BCUT2D eigenvalue weighted by molar-refractivity contribution is 5.29. The summed E-state index contributed by atoms with van der Waals surface area (Å²) in [6.45, 7) is 4.87. The molecule has 84 valence electrons. The van der Waals surface area contributed by atoms with E-state index in [1.54, 1.807) is 6.07 Å². The third kappa shape index (κ3) is 3.29. The summed E-state index contributed by atoms with van der Waals surface area (Å²) in [6, 6.07) is 4.88. The maximum absolute atomic E-state index is 12.9. The van der Waals surface area contributed by atoms with E-state index in [2.05, 4.69) is 5.32 Å². The summed E-state index contributed by atoms with van der Waals surface area (Å²) in [6.07, 6.45) is 0.653. The molecule has 15 heavy (non-hydrogen) atoms. The summed E-state index contributed by atoms with van der Waals surface area (Å²) in [5.74, 6) is -0.213. The molecule has 1 atom stereocenters. The number of benzene rings is 1. The first-order valence-electron chi connectivity index (χ1n) is 5.29. The van der Waals surface area contributed by atoms with E-state index in [0.717, 1.165) is 17.7 Å². The SMILES string of the molecule is CCNC(CCO)c1ccc(F)cc1C. The molecule has 0 aliphatic rings. The van der Waals surface area contributed by atoms with Crippen LogP contribution in [0.15, 0.2) is 18.2 Å². The van der Waals surface area contributed by atoms with Crippen molar-refractivity contribution >= 4 is 0 Å². The van der Waals surface area contributed by atoms with Crippen molar-refractivity contribution in [1.82, 2.24) is 5.32 Å². The zero-order valence-electron chi connectivity index (χ0n) is 9.26. The van der Waals surface area contributed by atoms with Gasteiger partial charge in [0, 0.05) is 12.6 Å². The number of aliphatic hydroxyl groups is 1. The number of nitrogens with one attached hydrogen (secondary N) is 1. The molecule has 0 radical (unpaired) electrons. The molecule has 0 fully saturated rings. The molecule has 1 rings (SSSR count). The molecule has 2 N–H and O–H groups in total. The second-order valence-corrected chi connectivity index (χ2v) is 3.62. The third-order valence-electron chi connectivity index (χ3n) is 2.48. The molecule has 0 saturated carbocycles. The Kier molecular flexibility index (Phi) is 4.72. The van der Waals surface area contributed by atoms with Gasteiger partial charge in [-0.25, -0.2) is 4.39 Å². The molecule has 1 aromatic rings. The van der Waals surface area contributed by atoms with Gasteiger partial charge in [-0.05, 0) is 43.1 Å². The fraction of sp³-hybridized carbons (Fsp3) is 0.500. The standard InChI is InChI=1S/C12H18FNO/c1-3-14-12(6-7-15)11-5-4-10(13)8-9(11)2/h4-5,8,12,14-15H,3,6-7H2,1-2H3. The summed E-state index contributed by atoms with van der Waals surface area (Å²) >= 11 is 0. The zero-order chi connectivity index (χ0) is 11.3. The summed E-state index contributed by atoms with van der Waals surface area (Å²) in [7, 11) is 0. The smallest absolute Gasteiger partial charge is 0.123 e. The quantitative estimate of drug-likeness (QED) is 0.782. The van der Waals surface area contributed by atoms with E-state index in [1.807, 2.05) is 13.8 Å². The number of aliphatic hydroxyl groups excluding tert-OH is 1. The molecule has 1 aromatic carbocycles. The molecule has 1 unspecified atom stereocenters. The first-order chi connectivity index (χ1) is 7.19. The van der Waals surface area contributed by atoms with Crippen LogP contribution in [0, 0.1) is 12.7 Å². The predicted molar refractivity (Wildman–Crippen MR) is 59.3 cm³/mol. The fourth-order valence-corrected chi connectivity index (χ4v) is 1.77. The molecule has 0 aliphatic carbocycles. The molecule has 0 aromatic heterocycles. The lowest BCUT2D eigenvalue weighted by molar-refractivity contribution is 0.266. The Balaban J connectivity index is 2.89. The maximum Gasteiger partial charge on any atom is 0.123 e. The monoisotopic (exact) mass is 211 g/mol. The van der Waals surface area contributed by atoms with Crippen LogP contribution in [-0.4, -0.2) is 18.3 Å². The fourth-order valence-electron chi connectivity index (χ4n) is 1.77. The van der Waals surface area contributed by atoms with E-state index < -0.39 is 0 Å². The van der Waals surface area contributed by atoms with Crippen molar-refractivity contribution in [1.29, 1.82) is 0 Å². The van der Waals surface area contributed by atoms with Crippen molar-refractivity contribution in [3.8, 4) is 0 Å². The topological polar surface area (TPSA) is 32.3 Å². The third-order valence-corrected chi connectivity index (χ3v) is 2.48. The lowest BCUT2D eigenvalue weighted by Crippen LogP contribution is -2.22. The van der Waals surface area contributed by atoms with E-state index in [4.69, 9.17) is 5.11 Å². The van der Waals surface area contributed by atoms with Crippen molar-refractivity contribution < 1.29 is 9.50 Å². The van der Waals surface area contributed by atoms with Crippen LogP contribution in [0.3, 0.4) is 0 Å². The second kappa shape index (κ2) is 5.83. The number of aryl methyl sites for hydroxylation is 1. The Morgan fingerprint density at radius 3 is 2.73 bits per heavy atom. The van der Waals surface area contributed by atoms with Crippen molar-refractivity contribution in [3.05, 3.63) is 35.1 Å². The van der Waals surface area contributed by atoms with Crippen LogP contribution in [0.5, 0.6) is 0 Å². The average molecular weight is 211 g/mol. The van der Waals surface area contributed by atoms with Crippen LogP contribution in [0.4, 0.5) is 4.39 Å². The Bertz CT molecular complexity index is 308. The van der Waals surface area contributed by atoms with E-state index in [9.17, 15) is 4.39 Å². The number of hydrogen-bond acceptors (Lipinski definition) is 2. The summed E-state index contributed by atoms with van der Waals surface area (Å²) < 4.78 is 12.9. The van der Waals surface area contributed by atoms with Gasteiger partial charge < -0.3 is 10.4 Å². The number of hydrogen-bond donors (Lipinski definition) is 2. The molecule has 0 bridgehead atoms. The minimum Gasteiger partial charge on any atom is -0.396 e. The van der Waals surface area contributed by atoms with Gasteiger partial charge in [-0.2, -0.15) is 0 Å². The van der Waals surface area contributed by atoms with Crippen LogP contribution >= 0.6 is 0 Å². The van der Waals surface area contributed by atoms with Crippen LogP contribution in [0.25, 0.3) is 0 Å². The average Bonchev–Trinajstić information content (AvgIpc) is 2.17. The van der Waals surface area contributed by atoms with Gasteiger partial charge >= 0.3 is 0 Å². The van der Waals surface area contributed by atoms with Gasteiger partial charge in [0.25, 0.3) is 0 Å². The number of halogens is 1. The second-order valence-electron chi connectivity index (χ2n) is 3.62. The van der Waals surface area contributed by atoms with E-state index in [-0.39, 0.29) is 18.5 Å². The normalized spacial score (nSPS) is 12.8. The van der Waals surface area contributed by atoms with Gasteiger partial charge in [0.2, 0.25) is 0 Å². The van der Waals surface area contributed by atoms with E-state index in [1.165, 1.54) is 12.1 Å². The molecule has 0 heterocycles. The van der Waals surface area contributed by atoms with Crippen molar-refractivity contribution in [2.45, 2.75) is 26.3 Å². The van der Waals surface area contributed by atoms with Crippen LogP contribution in [-0.2, 0) is 0 Å². The lowest BCUT2D eigenvalue weighted by Gasteiger charge is -2.19. The largest absolute Gasteiger partial charge is 0.396 e.